The number of nitrogens with zero attached hydrogens (tertiary/aromatic N) is 2. The molecule has 6 heteroatoms. The predicted molar refractivity (Wildman–Crippen MR) is 110 cm³/mol. The number of likely N-dealkylation sites (tertiary alicyclic amines) is 1. The molecule has 29 heavy (non-hydrogen) atoms. The van der Waals surface area contributed by atoms with E-state index in [-0.39, 0.29) is 29.9 Å². The van der Waals surface area contributed by atoms with Gasteiger partial charge in [-0.3, -0.25) is 14.4 Å². The second-order valence-electron chi connectivity index (χ2n) is 8.16. The summed E-state index contributed by atoms with van der Waals surface area (Å²) in [5.74, 6) is -0.412. The average Bonchev–Trinajstić information content (AvgIpc) is 3.19. The number of ketones is 1. The smallest absolute Gasteiger partial charge is 0.270 e. The lowest BCUT2D eigenvalue weighted by Gasteiger charge is -2.32. The van der Waals surface area contributed by atoms with Crippen LogP contribution in [0.2, 0.25) is 0 Å². The van der Waals surface area contributed by atoms with Crippen molar-refractivity contribution in [1.29, 1.82) is 0 Å². The van der Waals surface area contributed by atoms with Crippen LogP contribution in [0.15, 0.2) is 35.4 Å². The quantitative estimate of drug-likeness (QED) is 0.820. The number of hydrogen-bond donors (Lipinski definition) is 1. The molecule has 148 valence electrons. The molecular formula is C23H23N3O3. The Bertz CT molecular complexity index is 1060. The van der Waals surface area contributed by atoms with Gasteiger partial charge in [0.05, 0.1) is 0 Å². The Balaban J connectivity index is 1.39. The summed E-state index contributed by atoms with van der Waals surface area (Å²) in [6.45, 7) is 1.03. The van der Waals surface area contributed by atoms with Gasteiger partial charge in [-0.1, -0.05) is 30.3 Å². The minimum atomic E-state index is -0.204. The standard InChI is InChI=1S/C23H23N3O3/c27-20-11-10-19(24-25-20)23(29)26-12-2-4-16(13-26)22(28)18-9-8-15-7-6-14-3-1-5-17(18)21(14)15/h1,3,5,8-9,16H,2,4,6-7,10-13H2,(H,25,27)/t16-/m0/s1. The largest absolute Gasteiger partial charge is 0.337 e. The van der Waals surface area contributed by atoms with Gasteiger partial charge in [-0.15, -0.1) is 0 Å². The van der Waals surface area contributed by atoms with Crippen LogP contribution in [0.4, 0.5) is 0 Å². The zero-order valence-electron chi connectivity index (χ0n) is 16.2. The number of carbonyl (C=O) groups excluding carboxylic acids is 3. The molecule has 1 atom stereocenters. The molecule has 0 unspecified atom stereocenters. The summed E-state index contributed by atoms with van der Waals surface area (Å²) in [5, 5.41) is 6.21. The van der Waals surface area contributed by atoms with Crippen molar-refractivity contribution in [2.24, 2.45) is 11.0 Å². The van der Waals surface area contributed by atoms with Gasteiger partial charge in [-0.25, -0.2) is 5.43 Å². The molecule has 1 fully saturated rings. The summed E-state index contributed by atoms with van der Waals surface area (Å²) in [5.41, 5.74) is 6.18. The van der Waals surface area contributed by atoms with Crippen molar-refractivity contribution in [2.45, 2.75) is 38.5 Å². The first-order valence-corrected chi connectivity index (χ1v) is 10.3. The van der Waals surface area contributed by atoms with Crippen LogP contribution in [0.3, 0.4) is 0 Å². The Hall–Kier alpha value is -3.02. The molecule has 0 spiro atoms. The van der Waals surface area contributed by atoms with Gasteiger partial charge in [0.2, 0.25) is 5.91 Å². The van der Waals surface area contributed by atoms with E-state index in [4.69, 9.17) is 0 Å². The van der Waals surface area contributed by atoms with E-state index < -0.39 is 0 Å². The average molecular weight is 389 g/mol. The topological polar surface area (TPSA) is 78.8 Å². The second-order valence-corrected chi connectivity index (χ2v) is 8.16. The zero-order chi connectivity index (χ0) is 20.0. The summed E-state index contributed by atoms with van der Waals surface area (Å²) in [4.78, 5) is 39.2. The Morgan fingerprint density at radius 2 is 1.86 bits per heavy atom. The first-order valence-electron chi connectivity index (χ1n) is 10.3. The van der Waals surface area contributed by atoms with Gasteiger partial charge in [0.15, 0.2) is 5.78 Å². The number of rotatable bonds is 3. The zero-order valence-corrected chi connectivity index (χ0v) is 16.2. The number of benzene rings is 2. The van der Waals surface area contributed by atoms with E-state index in [0.29, 0.717) is 25.2 Å². The molecule has 0 aromatic heterocycles. The Morgan fingerprint density at radius 3 is 2.66 bits per heavy atom. The van der Waals surface area contributed by atoms with Crippen LogP contribution in [0.1, 0.15) is 47.2 Å². The molecule has 2 aromatic carbocycles. The van der Waals surface area contributed by atoms with E-state index in [2.05, 4.69) is 22.7 Å². The van der Waals surface area contributed by atoms with E-state index in [1.807, 2.05) is 18.2 Å². The van der Waals surface area contributed by atoms with Gasteiger partial charge in [0.1, 0.15) is 5.71 Å². The van der Waals surface area contributed by atoms with Gasteiger partial charge >= 0.3 is 0 Å². The van der Waals surface area contributed by atoms with Crippen LogP contribution in [0.25, 0.3) is 10.8 Å². The molecule has 1 aliphatic carbocycles. The van der Waals surface area contributed by atoms with E-state index in [1.54, 1.807) is 4.90 Å². The number of hydrazone groups is 1. The number of amides is 2. The van der Waals surface area contributed by atoms with Crippen LogP contribution in [-0.4, -0.2) is 41.3 Å². The fourth-order valence-corrected chi connectivity index (χ4v) is 4.87. The highest BCUT2D eigenvalue weighted by atomic mass is 16.2. The molecule has 0 saturated carbocycles. The molecule has 2 aliphatic heterocycles. The third-order valence-corrected chi connectivity index (χ3v) is 6.37. The van der Waals surface area contributed by atoms with Crippen molar-refractivity contribution < 1.29 is 14.4 Å². The molecule has 1 N–H and O–H groups in total. The SMILES string of the molecule is O=C1CCC(C(=O)N2CCC[C@H](C(=O)c3ccc4c5c(cccc35)CC4)C2)=NN1. The highest BCUT2D eigenvalue weighted by Crippen LogP contribution is 2.34. The maximum absolute atomic E-state index is 13.4. The van der Waals surface area contributed by atoms with Gasteiger partial charge in [-0.05, 0) is 47.6 Å². The highest BCUT2D eigenvalue weighted by Gasteiger charge is 2.32. The maximum atomic E-state index is 13.4. The number of hydrogen-bond acceptors (Lipinski definition) is 4. The van der Waals surface area contributed by atoms with Gasteiger partial charge in [-0.2, -0.15) is 5.10 Å². The Labute approximate surface area is 168 Å². The molecule has 5 rings (SSSR count). The van der Waals surface area contributed by atoms with Crippen molar-refractivity contribution in [1.82, 2.24) is 10.3 Å². The van der Waals surface area contributed by atoms with Crippen LogP contribution < -0.4 is 5.43 Å². The van der Waals surface area contributed by atoms with Gasteiger partial charge < -0.3 is 4.90 Å². The Morgan fingerprint density at radius 1 is 1.03 bits per heavy atom. The van der Waals surface area contributed by atoms with E-state index in [0.717, 1.165) is 36.6 Å². The molecule has 2 heterocycles. The third kappa shape index (κ3) is 3.12. The summed E-state index contributed by atoms with van der Waals surface area (Å²) in [6, 6.07) is 10.3. The fraction of sp³-hybridized carbons (Fsp3) is 0.391. The number of aryl methyl sites for hydroxylation is 2. The van der Waals surface area contributed by atoms with Crippen molar-refractivity contribution in [3.63, 3.8) is 0 Å². The molecule has 2 amide bonds. The van der Waals surface area contributed by atoms with E-state index in [1.165, 1.54) is 16.5 Å². The van der Waals surface area contributed by atoms with E-state index in [9.17, 15) is 14.4 Å². The lowest BCUT2D eigenvalue weighted by molar-refractivity contribution is -0.125. The van der Waals surface area contributed by atoms with Crippen molar-refractivity contribution in [2.75, 3.05) is 13.1 Å². The summed E-state index contributed by atoms with van der Waals surface area (Å²) in [7, 11) is 0. The lowest BCUT2D eigenvalue weighted by atomic mass is 9.87. The van der Waals surface area contributed by atoms with Crippen LogP contribution in [-0.2, 0) is 22.4 Å². The van der Waals surface area contributed by atoms with Crippen molar-refractivity contribution in [3.8, 4) is 0 Å². The van der Waals surface area contributed by atoms with E-state index >= 15 is 0 Å². The molecule has 1 saturated heterocycles. The summed E-state index contributed by atoms with van der Waals surface area (Å²) in [6.07, 6.45) is 4.29. The van der Waals surface area contributed by atoms with Gasteiger partial charge in [0.25, 0.3) is 5.91 Å². The van der Waals surface area contributed by atoms with Crippen molar-refractivity contribution in [3.05, 3.63) is 47.0 Å². The molecule has 6 nitrogen and oxygen atoms in total. The number of piperidine rings is 1. The number of Topliss-reactive ketones (excluding diaryl/α,β-unsaturated/α-hetero) is 1. The van der Waals surface area contributed by atoms with Crippen molar-refractivity contribution >= 4 is 34.1 Å². The second kappa shape index (κ2) is 7.10. The highest BCUT2D eigenvalue weighted by molar-refractivity contribution is 6.39. The first kappa shape index (κ1) is 18.0. The summed E-state index contributed by atoms with van der Waals surface area (Å²) < 4.78 is 0. The first-order chi connectivity index (χ1) is 14.1. The predicted octanol–water partition coefficient (Wildman–Crippen LogP) is 2.63. The Kier molecular flexibility index (Phi) is 4.42. The molecular weight excluding hydrogens is 366 g/mol. The number of carbonyl (C=O) groups is 3. The maximum Gasteiger partial charge on any atom is 0.270 e. The monoisotopic (exact) mass is 389 g/mol. The minimum absolute atomic E-state index is 0.122. The summed E-state index contributed by atoms with van der Waals surface area (Å²) >= 11 is 0. The third-order valence-electron chi connectivity index (χ3n) is 6.37. The minimum Gasteiger partial charge on any atom is -0.337 e. The molecule has 0 radical (unpaired) electrons. The molecule has 2 aromatic rings. The molecule has 3 aliphatic rings. The normalized spacial score (nSPS) is 21.1. The lowest BCUT2D eigenvalue weighted by Crippen LogP contribution is -2.46. The van der Waals surface area contributed by atoms with Crippen LogP contribution in [0, 0.1) is 5.92 Å². The molecule has 0 bridgehead atoms. The van der Waals surface area contributed by atoms with Crippen LogP contribution in [0.5, 0.6) is 0 Å². The number of nitrogens with one attached hydrogen (secondary N) is 1. The van der Waals surface area contributed by atoms with Gasteiger partial charge in [0, 0.05) is 37.4 Å². The fourth-order valence-electron chi connectivity index (χ4n) is 4.87. The van der Waals surface area contributed by atoms with Crippen LogP contribution >= 0.6 is 0 Å².